The van der Waals surface area contributed by atoms with Crippen LogP contribution in [0.1, 0.15) is 0 Å². The highest BCUT2D eigenvalue weighted by molar-refractivity contribution is 7.07. The summed E-state index contributed by atoms with van der Waals surface area (Å²) in [5, 5.41) is 9.47. The molecule has 1 radical (unpaired) electrons. The zero-order valence-corrected chi connectivity index (χ0v) is 8.19. The molecule has 0 bridgehead atoms. The molecule has 0 N–H and O–H groups in total. The lowest BCUT2D eigenvalue weighted by atomic mass is 10.2. The maximum atomic E-state index is 5.13. The van der Waals surface area contributed by atoms with Gasteiger partial charge in [-0.25, -0.2) is 4.98 Å². The first-order chi connectivity index (χ1) is 7.43. The zero-order chi connectivity index (χ0) is 10.1. The summed E-state index contributed by atoms with van der Waals surface area (Å²) in [6.07, 6.45) is 1.49. The van der Waals surface area contributed by atoms with E-state index in [1.165, 1.54) is 17.6 Å². The van der Waals surface area contributed by atoms with E-state index in [1.807, 2.05) is 5.38 Å². The molecule has 6 heteroatoms. The first-order valence-corrected chi connectivity index (χ1v) is 5.01. The smallest absolute Gasteiger partial charge is 0.186 e. The van der Waals surface area contributed by atoms with Gasteiger partial charge in [0.15, 0.2) is 11.3 Å². The molecule has 0 fully saturated rings. The molecule has 0 saturated heterocycles. The van der Waals surface area contributed by atoms with Crippen molar-refractivity contribution in [2.75, 3.05) is 0 Å². The number of thiazole rings is 1. The fourth-order valence-electron chi connectivity index (χ4n) is 1.16. The van der Waals surface area contributed by atoms with Crippen LogP contribution in [0.15, 0.2) is 32.8 Å². The van der Waals surface area contributed by atoms with Crippen molar-refractivity contribution in [2.45, 2.75) is 0 Å². The minimum Gasteiger partial charge on any atom is -0.364 e. The number of rotatable bonds is 2. The summed E-state index contributed by atoms with van der Waals surface area (Å²) in [4.78, 5) is 4.00. The van der Waals surface area contributed by atoms with Crippen LogP contribution >= 0.6 is 11.3 Å². The van der Waals surface area contributed by atoms with E-state index in [4.69, 9.17) is 9.05 Å². The maximum absolute atomic E-state index is 5.13. The molecule has 15 heavy (non-hydrogen) atoms. The lowest BCUT2D eigenvalue weighted by Gasteiger charge is -1.82. The fraction of sp³-hybridized carbons (Fsp3) is 0. The topological polar surface area (TPSA) is 65.0 Å². The minimum absolute atomic E-state index is 0.602. The highest BCUT2D eigenvalue weighted by Crippen LogP contribution is 2.24. The van der Waals surface area contributed by atoms with E-state index in [1.54, 1.807) is 12.1 Å². The van der Waals surface area contributed by atoms with Crippen molar-refractivity contribution in [3.63, 3.8) is 0 Å². The van der Waals surface area contributed by atoms with Crippen molar-refractivity contribution in [1.82, 2.24) is 15.3 Å². The first kappa shape index (κ1) is 8.37. The molecule has 3 heterocycles. The Hall–Kier alpha value is -1.95. The Bertz CT molecular complexity index is 493. The van der Waals surface area contributed by atoms with E-state index in [0.717, 1.165) is 5.69 Å². The Labute approximate surface area is 88.3 Å². The zero-order valence-electron chi connectivity index (χ0n) is 7.38. The van der Waals surface area contributed by atoms with E-state index in [2.05, 4.69) is 20.8 Å². The standard InChI is InChI=1S/C9H4N3O2S/c1-2-13-11-6(1)7-3-9(14-12-7)8-4-15-5-10-8/h1-4H. The molecule has 0 aliphatic carbocycles. The van der Waals surface area contributed by atoms with Gasteiger partial charge in [0.25, 0.3) is 0 Å². The lowest BCUT2D eigenvalue weighted by molar-refractivity contribution is 0.417. The number of hydrogen-bond donors (Lipinski definition) is 0. The van der Waals surface area contributed by atoms with E-state index in [9.17, 15) is 0 Å². The highest BCUT2D eigenvalue weighted by atomic mass is 32.1. The number of nitrogens with zero attached hydrogens (tertiary/aromatic N) is 3. The first-order valence-electron chi connectivity index (χ1n) is 4.13. The van der Waals surface area contributed by atoms with Gasteiger partial charge in [0.1, 0.15) is 23.3 Å². The molecule has 5 nitrogen and oxygen atoms in total. The van der Waals surface area contributed by atoms with Crippen LogP contribution < -0.4 is 0 Å². The summed E-state index contributed by atoms with van der Waals surface area (Å²) in [7, 11) is 0. The van der Waals surface area contributed by atoms with Gasteiger partial charge in [-0.1, -0.05) is 10.3 Å². The largest absolute Gasteiger partial charge is 0.364 e. The Morgan fingerprint density at radius 2 is 2.20 bits per heavy atom. The van der Waals surface area contributed by atoms with Crippen LogP contribution in [0.5, 0.6) is 0 Å². The van der Waals surface area contributed by atoms with E-state index in [-0.39, 0.29) is 0 Å². The van der Waals surface area contributed by atoms with Crippen molar-refractivity contribution >= 4 is 11.3 Å². The lowest BCUT2D eigenvalue weighted by Crippen LogP contribution is -1.73. The van der Waals surface area contributed by atoms with Gasteiger partial charge in [0, 0.05) is 17.5 Å². The maximum Gasteiger partial charge on any atom is 0.186 e. The second kappa shape index (κ2) is 3.32. The average molecular weight is 218 g/mol. The van der Waals surface area contributed by atoms with Crippen molar-refractivity contribution in [3.8, 4) is 22.8 Å². The minimum atomic E-state index is 0.602. The molecule has 0 atom stereocenters. The molecule has 0 unspecified atom stereocenters. The molecule has 3 rings (SSSR count). The van der Waals surface area contributed by atoms with Gasteiger partial charge in [-0.05, 0) is 0 Å². The fourth-order valence-corrected chi connectivity index (χ4v) is 1.64. The molecule has 0 amide bonds. The van der Waals surface area contributed by atoms with Crippen molar-refractivity contribution in [1.29, 1.82) is 0 Å². The predicted molar refractivity (Wildman–Crippen MR) is 51.9 cm³/mol. The van der Waals surface area contributed by atoms with Crippen LogP contribution in [0, 0.1) is 5.51 Å². The van der Waals surface area contributed by atoms with E-state index >= 15 is 0 Å². The van der Waals surface area contributed by atoms with Gasteiger partial charge in [0.2, 0.25) is 0 Å². The highest BCUT2D eigenvalue weighted by Gasteiger charge is 2.11. The van der Waals surface area contributed by atoms with Crippen LogP contribution in [0.3, 0.4) is 0 Å². The van der Waals surface area contributed by atoms with Crippen LogP contribution in [0.25, 0.3) is 22.8 Å². The van der Waals surface area contributed by atoms with Gasteiger partial charge in [-0.3, -0.25) is 0 Å². The molecule has 0 aromatic carbocycles. The Morgan fingerprint density at radius 3 is 2.93 bits per heavy atom. The Morgan fingerprint density at radius 1 is 1.20 bits per heavy atom. The van der Waals surface area contributed by atoms with Crippen molar-refractivity contribution in [3.05, 3.63) is 29.3 Å². The number of hydrogen-bond acceptors (Lipinski definition) is 6. The molecular formula is C9H4N3O2S. The van der Waals surface area contributed by atoms with Gasteiger partial charge in [-0.2, -0.15) is 0 Å². The molecule has 0 aliphatic heterocycles. The van der Waals surface area contributed by atoms with Crippen molar-refractivity contribution in [2.24, 2.45) is 0 Å². The quantitative estimate of drug-likeness (QED) is 0.660. The third kappa shape index (κ3) is 1.44. The van der Waals surface area contributed by atoms with E-state index < -0.39 is 0 Å². The second-order valence-corrected chi connectivity index (χ2v) is 3.44. The van der Waals surface area contributed by atoms with Crippen LogP contribution in [-0.4, -0.2) is 15.3 Å². The van der Waals surface area contributed by atoms with Crippen molar-refractivity contribution < 1.29 is 9.05 Å². The van der Waals surface area contributed by atoms with Crippen LogP contribution in [0.2, 0.25) is 0 Å². The van der Waals surface area contributed by atoms with E-state index in [0.29, 0.717) is 17.1 Å². The summed E-state index contributed by atoms with van der Waals surface area (Å²) in [5.74, 6) is 0.602. The molecule has 3 aromatic rings. The summed E-state index contributed by atoms with van der Waals surface area (Å²) < 4.78 is 9.84. The van der Waals surface area contributed by atoms with Gasteiger partial charge in [-0.15, -0.1) is 11.3 Å². The Kier molecular flexibility index (Phi) is 1.85. The Balaban J connectivity index is 2.02. The second-order valence-electron chi connectivity index (χ2n) is 2.79. The van der Waals surface area contributed by atoms with Crippen LogP contribution in [0.4, 0.5) is 0 Å². The monoisotopic (exact) mass is 218 g/mol. The molecule has 0 aliphatic rings. The van der Waals surface area contributed by atoms with Crippen LogP contribution in [-0.2, 0) is 0 Å². The predicted octanol–water partition coefficient (Wildman–Crippen LogP) is 2.25. The summed E-state index contributed by atoms with van der Waals surface area (Å²) in [6, 6.07) is 3.48. The summed E-state index contributed by atoms with van der Waals surface area (Å²) >= 11 is 1.38. The molecule has 73 valence electrons. The number of aromatic nitrogens is 3. The average Bonchev–Trinajstić information content (AvgIpc) is 3.02. The molecule has 0 spiro atoms. The summed E-state index contributed by atoms with van der Waals surface area (Å²) in [5.41, 5.74) is 4.74. The molecule has 0 saturated carbocycles. The molecular weight excluding hydrogens is 214 g/mol. The van der Waals surface area contributed by atoms with Gasteiger partial charge in [0.05, 0.1) is 0 Å². The normalized spacial score (nSPS) is 10.7. The van der Waals surface area contributed by atoms with Gasteiger partial charge < -0.3 is 9.05 Å². The SMILES string of the molecule is [c]1nc(-c2cc(-c3ccon3)no2)cs1. The molecule has 3 aromatic heterocycles. The third-order valence-electron chi connectivity index (χ3n) is 1.85. The third-order valence-corrected chi connectivity index (χ3v) is 2.39. The summed E-state index contributed by atoms with van der Waals surface area (Å²) in [6.45, 7) is 0. The van der Waals surface area contributed by atoms with Gasteiger partial charge >= 0.3 is 0 Å².